The second-order valence-corrected chi connectivity index (χ2v) is 6.44. The normalized spacial score (nSPS) is 12.8. The first-order chi connectivity index (χ1) is 10.0. The number of hydrogen-bond donors (Lipinski definition) is 0. The van der Waals surface area contributed by atoms with Crippen molar-refractivity contribution in [2.45, 2.75) is 19.2 Å². The van der Waals surface area contributed by atoms with Gasteiger partial charge in [-0.1, -0.05) is 18.2 Å². The van der Waals surface area contributed by atoms with Crippen LogP contribution in [0, 0.1) is 12.7 Å². The summed E-state index contributed by atoms with van der Waals surface area (Å²) < 4.78 is 16.9. The SMILES string of the molecule is Cc1cccc2nc(C(C)Cl)n(-c3c(F)cccc3Br)c12. The number of nitrogens with zero attached hydrogens (tertiary/aromatic N) is 2. The van der Waals surface area contributed by atoms with Gasteiger partial charge in [0.05, 0.1) is 22.1 Å². The molecule has 0 spiro atoms. The minimum absolute atomic E-state index is 0.314. The summed E-state index contributed by atoms with van der Waals surface area (Å²) in [4.78, 5) is 4.58. The number of halogens is 3. The van der Waals surface area contributed by atoms with Gasteiger partial charge in [-0.25, -0.2) is 9.37 Å². The van der Waals surface area contributed by atoms with Crippen molar-refractivity contribution in [3.05, 3.63) is 58.1 Å². The number of imidazole rings is 1. The van der Waals surface area contributed by atoms with Gasteiger partial charge >= 0.3 is 0 Å². The standard InChI is InChI=1S/C16H13BrClFN2/c1-9-5-3-8-13-14(9)21(16(20-13)10(2)18)15-11(17)6-4-7-12(15)19/h3-8,10H,1-2H3. The van der Waals surface area contributed by atoms with E-state index in [1.807, 2.05) is 42.7 Å². The Morgan fingerprint density at radius 3 is 2.62 bits per heavy atom. The first kappa shape index (κ1) is 14.5. The van der Waals surface area contributed by atoms with Gasteiger partial charge < -0.3 is 0 Å². The van der Waals surface area contributed by atoms with Gasteiger partial charge in [0, 0.05) is 4.47 Å². The second-order valence-electron chi connectivity index (χ2n) is 4.93. The molecule has 0 amide bonds. The zero-order valence-corrected chi connectivity index (χ0v) is 13.9. The molecule has 0 radical (unpaired) electrons. The minimum Gasteiger partial charge on any atom is -0.291 e. The van der Waals surface area contributed by atoms with Crippen LogP contribution in [-0.2, 0) is 0 Å². The Bertz CT molecular complexity index is 806. The Hall–Kier alpha value is -1.39. The van der Waals surface area contributed by atoms with Gasteiger partial charge in [-0.2, -0.15) is 0 Å². The van der Waals surface area contributed by atoms with Crippen LogP contribution in [0.5, 0.6) is 0 Å². The molecule has 5 heteroatoms. The highest BCUT2D eigenvalue weighted by molar-refractivity contribution is 9.10. The average molecular weight is 368 g/mol. The number of benzene rings is 2. The summed E-state index contributed by atoms with van der Waals surface area (Å²) in [5, 5.41) is -0.330. The van der Waals surface area contributed by atoms with Gasteiger partial charge in [-0.15, -0.1) is 11.6 Å². The van der Waals surface area contributed by atoms with Gasteiger partial charge in [0.2, 0.25) is 0 Å². The molecule has 1 unspecified atom stereocenters. The molecule has 1 heterocycles. The summed E-state index contributed by atoms with van der Waals surface area (Å²) in [6.45, 7) is 3.82. The fraction of sp³-hybridized carbons (Fsp3) is 0.188. The maximum atomic E-state index is 14.4. The highest BCUT2D eigenvalue weighted by atomic mass is 79.9. The Balaban J connectivity index is 2.48. The summed E-state index contributed by atoms with van der Waals surface area (Å²) >= 11 is 9.70. The Morgan fingerprint density at radius 1 is 1.24 bits per heavy atom. The van der Waals surface area contributed by atoms with Crippen LogP contribution in [0.4, 0.5) is 4.39 Å². The number of aromatic nitrogens is 2. The Morgan fingerprint density at radius 2 is 1.95 bits per heavy atom. The molecular weight excluding hydrogens is 355 g/mol. The molecule has 0 saturated heterocycles. The molecule has 0 bridgehead atoms. The molecule has 2 nitrogen and oxygen atoms in total. The van der Waals surface area contributed by atoms with Crippen LogP contribution in [0.15, 0.2) is 40.9 Å². The van der Waals surface area contributed by atoms with E-state index in [0.717, 1.165) is 16.6 Å². The van der Waals surface area contributed by atoms with Crippen molar-refractivity contribution < 1.29 is 4.39 Å². The quantitative estimate of drug-likeness (QED) is 0.544. The molecule has 0 aliphatic heterocycles. The predicted molar refractivity (Wildman–Crippen MR) is 87.7 cm³/mol. The molecule has 3 aromatic rings. The molecule has 108 valence electrons. The zero-order valence-electron chi connectivity index (χ0n) is 11.6. The van der Waals surface area contributed by atoms with Crippen LogP contribution in [0.1, 0.15) is 23.7 Å². The highest BCUT2D eigenvalue weighted by Crippen LogP contribution is 2.34. The van der Waals surface area contributed by atoms with E-state index in [1.165, 1.54) is 6.07 Å². The second kappa shape index (κ2) is 5.43. The fourth-order valence-corrected chi connectivity index (χ4v) is 3.17. The van der Waals surface area contributed by atoms with Crippen molar-refractivity contribution >= 4 is 38.6 Å². The Kier molecular flexibility index (Phi) is 3.76. The van der Waals surface area contributed by atoms with E-state index in [0.29, 0.717) is 16.0 Å². The largest absolute Gasteiger partial charge is 0.291 e. The van der Waals surface area contributed by atoms with Crippen molar-refractivity contribution in [3.8, 4) is 5.69 Å². The lowest BCUT2D eigenvalue weighted by Crippen LogP contribution is -2.05. The van der Waals surface area contributed by atoms with Gasteiger partial charge in [-0.3, -0.25) is 4.57 Å². The van der Waals surface area contributed by atoms with E-state index in [1.54, 1.807) is 6.07 Å². The monoisotopic (exact) mass is 366 g/mol. The first-order valence-corrected chi connectivity index (χ1v) is 7.80. The van der Waals surface area contributed by atoms with Gasteiger partial charge in [0.1, 0.15) is 11.6 Å². The van der Waals surface area contributed by atoms with Crippen LogP contribution in [0.3, 0.4) is 0 Å². The van der Waals surface area contributed by atoms with Crippen LogP contribution < -0.4 is 0 Å². The third-order valence-corrected chi connectivity index (χ3v) is 4.26. The fourth-order valence-electron chi connectivity index (χ4n) is 2.51. The summed E-state index contributed by atoms with van der Waals surface area (Å²) in [6.07, 6.45) is 0. The minimum atomic E-state index is -0.330. The van der Waals surface area contributed by atoms with Crippen LogP contribution in [-0.4, -0.2) is 9.55 Å². The van der Waals surface area contributed by atoms with E-state index in [9.17, 15) is 4.39 Å². The molecule has 0 aliphatic rings. The molecule has 0 N–H and O–H groups in total. The van der Waals surface area contributed by atoms with Crippen molar-refractivity contribution in [3.63, 3.8) is 0 Å². The molecule has 1 aromatic heterocycles. The van der Waals surface area contributed by atoms with E-state index < -0.39 is 0 Å². The van der Waals surface area contributed by atoms with E-state index in [-0.39, 0.29) is 11.2 Å². The van der Waals surface area contributed by atoms with E-state index in [2.05, 4.69) is 20.9 Å². The van der Waals surface area contributed by atoms with E-state index >= 15 is 0 Å². The van der Waals surface area contributed by atoms with Gasteiger partial charge in [-0.05, 0) is 53.5 Å². The predicted octanol–water partition coefficient (Wildman–Crippen LogP) is 5.54. The third-order valence-electron chi connectivity index (χ3n) is 3.42. The van der Waals surface area contributed by atoms with Crippen molar-refractivity contribution in [2.24, 2.45) is 0 Å². The third kappa shape index (κ3) is 2.36. The lowest BCUT2D eigenvalue weighted by molar-refractivity contribution is 0.615. The number of para-hydroxylation sites is 2. The summed E-state index contributed by atoms with van der Waals surface area (Å²) in [5.41, 5.74) is 3.16. The van der Waals surface area contributed by atoms with Crippen LogP contribution in [0.25, 0.3) is 16.7 Å². The lowest BCUT2D eigenvalue weighted by Gasteiger charge is -2.14. The number of fused-ring (bicyclic) bond motifs is 1. The first-order valence-electron chi connectivity index (χ1n) is 6.57. The van der Waals surface area contributed by atoms with E-state index in [4.69, 9.17) is 11.6 Å². The number of hydrogen-bond acceptors (Lipinski definition) is 1. The molecule has 0 saturated carbocycles. The molecule has 1 atom stereocenters. The number of alkyl halides is 1. The molecule has 21 heavy (non-hydrogen) atoms. The molecule has 0 aliphatic carbocycles. The molecule has 2 aromatic carbocycles. The number of aryl methyl sites for hydroxylation is 1. The maximum Gasteiger partial charge on any atom is 0.148 e. The van der Waals surface area contributed by atoms with Crippen molar-refractivity contribution in [1.29, 1.82) is 0 Å². The highest BCUT2D eigenvalue weighted by Gasteiger charge is 2.21. The topological polar surface area (TPSA) is 17.8 Å². The summed E-state index contributed by atoms with van der Waals surface area (Å²) in [7, 11) is 0. The molecular formula is C16H13BrClFN2. The molecule has 3 rings (SSSR count). The number of rotatable bonds is 2. The van der Waals surface area contributed by atoms with Gasteiger partial charge in [0.15, 0.2) is 0 Å². The smallest absolute Gasteiger partial charge is 0.148 e. The van der Waals surface area contributed by atoms with Gasteiger partial charge in [0.25, 0.3) is 0 Å². The maximum absolute atomic E-state index is 14.4. The lowest BCUT2D eigenvalue weighted by atomic mass is 10.2. The van der Waals surface area contributed by atoms with Crippen LogP contribution >= 0.6 is 27.5 Å². The Labute approximate surface area is 135 Å². The summed E-state index contributed by atoms with van der Waals surface area (Å²) in [6, 6.07) is 10.7. The average Bonchev–Trinajstić information content (AvgIpc) is 2.80. The zero-order chi connectivity index (χ0) is 15.1. The van der Waals surface area contributed by atoms with Crippen molar-refractivity contribution in [1.82, 2.24) is 9.55 Å². The van der Waals surface area contributed by atoms with Crippen LogP contribution in [0.2, 0.25) is 0 Å². The molecule has 0 fully saturated rings. The van der Waals surface area contributed by atoms with Crippen molar-refractivity contribution in [2.75, 3.05) is 0 Å². The summed E-state index contributed by atoms with van der Waals surface area (Å²) in [5.74, 6) is 0.317.